The maximum Gasteiger partial charge on any atom is 0.303 e. The number of carboxylic acid groups (broad SMARTS) is 1. The van der Waals surface area contributed by atoms with E-state index in [-0.39, 0.29) is 6.42 Å². The van der Waals surface area contributed by atoms with Gasteiger partial charge in [-0.1, -0.05) is 0 Å². The topological polar surface area (TPSA) is 68.7 Å². The zero-order valence-electron chi connectivity index (χ0n) is 11.2. The van der Waals surface area contributed by atoms with Gasteiger partial charge in [-0.15, -0.1) is 0 Å². The first-order valence-corrected chi connectivity index (χ1v) is 6.55. The molecule has 0 atom stereocenters. The number of benzene rings is 1. The van der Waals surface area contributed by atoms with Crippen LogP contribution < -0.4 is 9.47 Å². The van der Waals surface area contributed by atoms with Gasteiger partial charge in [-0.05, 0) is 31.0 Å². The smallest absolute Gasteiger partial charge is 0.303 e. The van der Waals surface area contributed by atoms with Crippen molar-refractivity contribution < 1.29 is 19.4 Å². The number of hydrogen-bond acceptors (Lipinski definition) is 4. The van der Waals surface area contributed by atoms with Crippen molar-refractivity contribution in [1.82, 2.24) is 4.98 Å². The van der Waals surface area contributed by atoms with Gasteiger partial charge in [0.1, 0.15) is 13.2 Å². The highest BCUT2D eigenvalue weighted by atomic mass is 16.6. The molecule has 5 heteroatoms. The fraction of sp³-hybridized carbons (Fsp3) is 0.333. The molecule has 20 heavy (non-hydrogen) atoms. The van der Waals surface area contributed by atoms with E-state index >= 15 is 0 Å². The second kappa shape index (κ2) is 5.00. The monoisotopic (exact) mass is 273 g/mol. The average molecular weight is 273 g/mol. The zero-order chi connectivity index (χ0) is 14.1. The van der Waals surface area contributed by atoms with Crippen molar-refractivity contribution in [2.75, 3.05) is 13.2 Å². The Morgan fingerprint density at radius 2 is 1.95 bits per heavy atom. The maximum absolute atomic E-state index is 10.7. The third kappa shape index (κ3) is 2.39. The zero-order valence-corrected chi connectivity index (χ0v) is 11.2. The number of carbonyl (C=O) groups is 1. The van der Waals surface area contributed by atoms with Crippen LogP contribution in [0.1, 0.15) is 17.7 Å². The molecule has 0 amide bonds. The molecule has 0 fully saturated rings. The van der Waals surface area contributed by atoms with E-state index in [9.17, 15) is 4.79 Å². The molecular formula is C15H15NO4. The van der Waals surface area contributed by atoms with Crippen LogP contribution in [0.25, 0.3) is 10.9 Å². The molecule has 1 aromatic carbocycles. The van der Waals surface area contributed by atoms with Crippen LogP contribution in [0.2, 0.25) is 0 Å². The van der Waals surface area contributed by atoms with Crippen molar-refractivity contribution in [1.29, 1.82) is 0 Å². The lowest BCUT2D eigenvalue weighted by Crippen LogP contribution is -2.15. The van der Waals surface area contributed by atoms with E-state index in [2.05, 4.69) is 4.98 Å². The van der Waals surface area contributed by atoms with Crippen molar-refractivity contribution in [3.63, 3.8) is 0 Å². The molecule has 3 rings (SSSR count). The van der Waals surface area contributed by atoms with Gasteiger partial charge in [0.15, 0.2) is 11.5 Å². The number of aromatic nitrogens is 1. The van der Waals surface area contributed by atoms with Crippen LogP contribution in [0.4, 0.5) is 0 Å². The van der Waals surface area contributed by atoms with Crippen molar-refractivity contribution in [3.8, 4) is 11.5 Å². The molecule has 0 saturated heterocycles. The number of nitrogens with zero attached hydrogens (tertiary/aromatic N) is 1. The van der Waals surface area contributed by atoms with Crippen LogP contribution >= 0.6 is 0 Å². The van der Waals surface area contributed by atoms with Gasteiger partial charge in [-0.2, -0.15) is 0 Å². The molecule has 0 aliphatic carbocycles. The van der Waals surface area contributed by atoms with Crippen molar-refractivity contribution in [2.45, 2.75) is 19.8 Å². The van der Waals surface area contributed by atoms with E-state index in [1.54, 1.807) is 0 Å². The lowest BCUT2D eigenvalue weighted by Gasteiger charge is -2.19. The predicted octanol–water partition coefficient (Wildman–Crippen LogP) is 2.33. The molecule has 2 aromatic rings. The molecule has 1 N–H and O–H groups in total. The SMILES string of the molecule is Cc1nc2cc3c(cc2cc1CCC(=O)O)OCCO3. The van der Waals surface area contributed by atoms with E-state index in [1.807, 2.05) is 25.1 Å². The third-order valence-electron chi connectivity index (χ3n) is 3.38. The highest BCUT2D eigenvalue weighted by molar-refractivity contribution is 5.83. The molecule has 0 spiro atoms. The summed E-state index contributed by atoms with van der Waals surface area (Å²) in [6.07, 6.45) is 0.594. The molecule has 104 valence electrons. The van der Waals surface area contributed by atoms with Gasteiger partial charge < -0.3 is 14.6 Å². The van der Waals surface area contributed by atoms with Gasteiger partial charge in [-0.3, -0.25) is 9.78 Å². The number of ether oxygens (including phenoxy) is 2. The summed E-state index contributed by atoms with van der Waals surface area (Å²) in [5, 5.41) is 9.72. The van der Waals surface area contributed by atoms with E-state index < -0.39 is 5.97 Å². The molecular weight excluding hydrogens is 258 g/mol. The molecule has 0 radical (unpaired) electrons. The second-order valence-corrected chi connectivity index (χ2v) is 4.82. The van der Waals surface area contributed by atoms with Crippen molar-refractivity contribution in [2.24, 2.45) is 0 Å². The predicted molar refractivity (Wildman–Crippen MR) is 73.4 cm³/mol. The standard InChI is InChI=1S/C15H15NO4/c1-9-10(2-3-15(17)18)6-11-7-13-14(8-12(11)16-9)20-5-4-19-13/h6-8H,2-5H2,1H3,(H,17,18). The number of carboxylic acids is 1. The summed E-state index contributed by atoms with van der Waals surface area (Å²) in [6.45, 7) is 2.99. The highest BCUT2D eigenvalue weighted by Crippen LogP contribution is 2.34. The first kappa shape index (κ1) is 12.7. The minimum Gasteiger partial charge on any atom is -0.486 e. The Balaban J connectivity index is 2.02. The van der Waals surface area contributed by atoms with E-state index in [0.717, 1.165) is 27.9 Å². The Labute approximate surface area is 116 Å². The van der Waals surface area contributed by atoms with Crippen LogP contribution in [-0.2, 0) is 11.2 Å². The van der Waals surface area contributed by atoms with Crippen molar-refractivity contribution >= 4 is 16.9 Å². The van der Waals surface area contributed by atoms with Crippen LogP contribution in [0.5, 0.6) is 11.5 Å². The molecule has 0 saturated carbocycles. The number of aliphatic carboxylic acids is 1. The van der Waals surface area contributed by atoms with Crippen molar-refractivity contribution in [3.05, 3.63) is 29.5 Å². The Kier molecular flexibility index (Phi) is 3.18. The van der Waals surface area contributed by atoms with E-state index in [4.69, 9.17) is 14.6 Å². The summed E-state index contributed by atoms with van der Waals surface area (Å²) in [4.78, 5) is 15.2. The number of fused-ring (bicyclic) bond motifs is 2. The first-order valence-electron chi connectivity index (χ1n) is 6.55. The summed E-state index contributed by atoms with van der Waals surface area (Å²) in [6, 6.07) is 5.76. The Hall–Kier alpha value is -2.30. The molecule has 1 aliphatic rings. The van der Waals surface area contributed by atoms with Gasteiger partial charge in [0.05, 0.1) is 5.52 Å². The Morgan fingerprint density at radius 3 is 2.65 bits per heavy atom. The number of aryl methyl sites for hydroxylation is 2. The third-order valence-corrected chi connectivity index (χ3v) is 3.38. The average Bonchev–Trinajstić information content (AvgIpc) is 2.43. The largest absolute Gasteiger partial charge is 0.486 e. The van der Waals surface area contributed by atoms with Crippen LogP contribution in [-0.4, -0.2) is 29.3 Å². The number of rotatable bonds is 3. The molecule has 1 aromatic heterocycles. The van der Waals surface area contributed by atoms with Gasteiger partial charge >= 0.3 is 5.97 Å². The molecule has 0 unspecified atom stereocenters. The highest BCUT2D eigenvalue weighted by Gasteiger charge is 2.14. The normalized spacial score (nSPS) is 13.4. The first-order chi connectivity index (χ1) is 9.63. The fourth-order valence-electron chi connectivity index (χ4n) is 2.35. The summed E-state index contributed by atoms with van der Waals surface area (Å²) in [5.74, 6) is 0.638. The van der Waals surface area contributed by atoms with Crippen LogP contribution in [0.3, 0.4) is 0 Å². The van der Waals surface area contributed by atoms with Crippen LogP contribution in [0, 0.1) is 6.92 Å². The minimum atomic E-state index is -0.799. The maximum atomic E-state index is 10.7. The molecule has 2 heterocycles. The number of hydrogen-bond donors (Lipinski definition) is 1. The molecule has 0 bridgehead atoms. The van der Waals surface area contributed by atoms with E-state index in [0.29, 0.717) is 25.4 Å². The van der Waals surface area contributed by atoms with Gasteiger partial charge in [-0.25, -0.2) is 0 Å². The summed E-state index contributed by atoms with van der Waals surface area (Å²) in [7, 11) is 0. The second-order valence-electron chi connectivity index (χ2n) is 4.82. The lowest BCUT2D eigenvalue weighted by atomic mass is 10.0. The summed E-state index contributed by atoms with van der Waals surface area (Å²) < 4.78 is 11.1. The Morgan fingerprint density at radius 1 is 1.25 bits per heavy atom. The van der Waals surface area contributed by atoms with Gasteiger partial charge in [0.25, 0.3) is 0 Å². The van der Waals surface area contributed by atoms with Gasteiger partial charge in [0.2, 0.25) is 0 Å². The summed E-state index contributed by atoms with van der Waals surface area (Å²) in [5.41, 5.74) is 2.65. The summed E-state index contributed by atoms with van der Waals surface area (Å²) >= 11 is 0. The Bertz CT molecular complexity index is 681. The van der Waals surface area contributed by atoms with E-state index in [1.165, 1.54) is 0 Å². The number of pyridine rings is 1. The minimum absolute atomic E-state index is 0.110. The quantitative estimate of drug-likeness (QED) is 0.929. The fourth-order valence-corrected chi connectivity index (χ4v) is 2.35. The van der Waals surface area contributed by atoms with Crippen LogP contribution in [0.15, 0.2) is 18.2 Å². The molecule has 5 nitrogen and oxygen atoms in total. The molecule has 1 aliphatic heterocycles. The lowest BCUT2D eigenvalue weighted by molar-refractivity contribution is -0.136. The van der Waals surface area contributed by atoms with Gasteiger partial charge in [0, 0.05) is 23.6 Å².